The summed E-state index contributed by atoms with van der Waals surface area (Å²) in [4.78, 5) is 18.9. The van der Waals surface area contributed by atoms with E-state index in [4.69, 9.17) is 4.74 Å². The summed E-state index contributed by atoms with van der Waals surface area (Å²) in [5.41, 5.74) is 2.05. The molecule has 2 aromatic heterocycles. The standard InChI is InChI=1S/C23H28N4O4S/c1-23(2,3)31-22(28)26-11-9-18(10-12-26)27-21-15-24-20(13-17(21)14-25-27)16-5-7-19(8-6-16)32(4,29)30/h5-8,13-15,18H,9-12H2,1-4H3. The maximum atomic E-state index is 12.3. The quantitative estimate of drug-likeness (QED) is 0.590. The average molecular weight is 457 g/mol. The summed E-state index contributed by atoms with van der Waals surface area (Å²) >= 11 is 0. The molecule has 0 spiro atoms. The molecule has 1 fully saturated rings. The molecular weight excluding hydrogens is 428 g/mol. The molecular formula is C23H28N4O4S. The predicted molar refractivity (Wildman–Crippen MR) is 122 cm³/mol. The molecule has 0 aliphatic carbocycles. The van der Waals surface area contributed by atoms with Crippen LogP contribution in [-0.4, -0.2) is 59.1 Å². The van der Waals surface area contributed by atoms with Crippen molar-refractivity contribution in [3.05, 3.63) is 42.7 Å². The molecule has 3 aromatic rings. The fraction of sp³-hybridized carbons (Fsp3) is 0.435. The minimum atomic E-state index is -3.23. The Morgan fingerprint density at radius 2 is 1.75 bits per heavy atom. The van der Waals surface area contributed by atoms with Crippen molar-refractivity contribution < 1.29 is 17.9 Å². The number of likely N-dealkylation sites (tertiary alicyclic amines) is 1. The van der Waals surface area contributed by atoms with Gasteiger partial charge in [-0.15, -0.1) is 0 Å². The number of pyridine rings is 1. The lowest BCUT2D eigenvalue weighted by Gasteiger charge is -2.33. The molecule has 9 heteroatoms. The molecule has 0 bridgehead atoms. The van der Waals surface area contributed by atoms with Gasteiger partial charge in [0.2, 0.25) is 0 Å². The molecule has 0 atom stereocenters. The van der Waals surface area contributed by atoms with Crippen molar-refractivity contribution in [3.63, 3.8) is 0 Å². The summed E-state index contributed by atoms with van der Waals surface area (Å²) < 4.78 is 30.8. The summed E-state index contributed by atoms with van der Waals surface area (Å²) in [6.07, 6.45) is 6.15. The van der Waals surface area contributed by atoms with Crippen molar-refractivity contribution in [1.82, 2.24) is 19.7 Å². The summed E-state index contributed by atoms with van der Waals surface area (Å²) in [6.45, 7) is 6.86. The van der Waals surface area contributed by atoms with Crippen LogP contribution >= 0.6 is 0 Å². The summed E-state index contributed by atoms with van der Waals surface area (Å²) in [5, 5.41) is 5.56. The summed E-state index contributed by atoms with van der Waals surface area (Å²) in [7, 11) is -3.23. The minimum absolute atomic E-state index is 0.188. The number of amides is 1. The molecule has 170 valence electrons. The van der Waals surface area contributed by atoms with Gasteiger partial charge in [-0.2, -0.15) is 5.10 Å². The van der Waals surface area contributed by atoms with Crippen molar-refractivity contribution in [2.45, 2.75) is 50.2 Å². The Kier molecular flexibility index (Phi) is 5.70. The lowest BCUT2D eigenvalue weighted by atomic mass is 10.1. The Morgan fingerprint density at radius 1 is 1.09 bits per heavy atom. The molecule has 1 saturated heterocycles. The van der Waals surface area contributed by atoms with Gasteiger partial charge in [-0.1, -0.05) is 12.1 Å². The average Bonchev–Trinajstić information content (AvgIpc) is 3.15. The number of ether oxygens (including phenoxy) is 1. The number of hydrogen-bond donors (Lipinski definition) is 0. The van der Waals surface area contributed by atoms with Crippen LogP contribution in [0.25, 0.3) is 22.2 Å². The maximum absolute atomic E-state index is 12.3. The van der Waals surface area contributed by atoms with E-state index in [1.165, 1.54) is 6.26 Å². The fourth-order valence-electron chi connectivity index (χ4n) is 3.89. The van der Waals surface area contributed by atoms with Crippen LogP contribution < -0.4 is 0 Å². The zero-order chi connectivity index (χ0) is 23.1. The van der Waals surface area contributed by atoms with E-state index in [1.54, 1.807) is 29.2 Å². The van der Waals surface area contributed by atoms with Gasteiger partial charge < -0.3 is 9.64 Å². The highest BCUT2D eigenvalue weighted by molar-refractivity contribution is 7.90. The van der Waals surface area contributed by atoms with Gasteiger partial charge in [0, 0.05) is 30.3 Å². The molecule has 1 aliphatic heterocycles. The highest BCUT2D eigenvalue weighted by Gasteiger charge is 2.28. The third kappa shape index (κ3) is 4.77. The molecule has 8 nitrogen and oxygen atoms in total. The van der Waals surface area contributed by atoms with Gasteiger partial charge in [-0.3, -0.25) is 9.67 Å². The molecule has 1 amide bonds. The number of carbonyl (C=O) groups excluding carboxylic acids is 1. The highest BCUT2D eigenvalue weighted by atomic mass is 32.2. The topological polar surface area (TPSA) is 94.4 Å². The Hall–Kier alpha value is -2.94. The van der Waals surface area contributed by atoms with Crippen LogP contribution in [0.15, 0.2) is 47.6 Å². The van der Waals surface area contributed by atoms with Gasteiger partial charge in [-0.05, 0) is 51.8 Å². The number of carbonyl (C=O) groups is 1. The fourth-order valence-corrected chi connectivity index (χ4v) is 4.52. The van der Waals surface area contributed by atoms with E-state index in [1.807, 2.05) is 43.9 Å². The third-order valence-corrected chi connectivity index (χ3v) is 6.65. The lowest BCUT2D eigenvalue weighted by Crippen LogP contribution is -2.42. The first-order chi connectivity index (χ1) is 15.0. The molecule has 0 saturated carbocycles. The van der Waals surface area contributed by atoms with Crippen molar-refractivity contribution in [2.24, 2.45) is 0 Å². The van der Waals surface area contributed by atoms with E-state index in [0.29, 0.717) is 13.1 Å². The van der Waals surface area contributed by atoms with Crippen LogP contribution in [0.5, 0.6) is 0 Å². The van der Waals surface area contributed by atoms with Gasteiger partial charge >= 0.3 is 6.09 Å². The number of hydrogen-bond acceptors (Lipinski definition) is 6. The van der Waals surface area contributed by atoms with Crippen LogP contribution in [0.2, 0.25) is 0 Å². The van der Waals surface area contributed by atoms with E-state index in [0.717, 1.165) is 35.0 Å². The van der Waals surface area contributed by atoms with Crippen LogP contribution in [0.4, 0.5) is 4.79 Å². The molecule has 4 rings (SSSR count). The number of nitrogens with zero attached hydrogens (tertiary/aromatic N) is 4. The highest BCUT2D eigenvalue weighted by Crippen LogP contribution is 2.29. The Labute approximate surface area is 188 Å². The first kappa shape index (κ1) is 22.3. The third-order valence-electron chi connectivity index (χ3n) is 5.52. The van der Waals surface area contributed by atoms with Crippen LogP contribution in [0.1, 0.15) is 39.7 Å². The maximum Gasteiger partial charge on any atom is 0.410 e. The second kappa shape index (κ2) is 8.20. The molecule has 0 radical (unpaired) electrons. The molecule has 1 aliphatic rings. The molecule has 32 heavy (non-hydrogen) atoms. The predicted octanol–water partition coefficient (Wildman–Crippen LogP) is 4.07. The monoisotopic (exact) mass is 456 g/mol. The number of aromatic nitrogens is 3. The first-order valence-corrected chi connectivity index (χ1v) is 12.5. The smallest absolute Gasteiger partial charge is 0.410 e. The summed E-state index contributed by atoms with van der Waals surface area (Å²) in [6, 6.07) is 8.87. The van der Waals surface area contributed by atoms with Gasteiger partial charge in [0.15, 0.2) is 9.84 Å². The van der Waals surface area contributed by atoms with Crippen molar-refractivity contribution >= 4 is 26.8 Å². The first-order valence-electron chi connectivity index (χ1n) is 10.6. The summed E-state index contributed by atoms with van der Waals surface area (Å²) in [5.74, 6) is 0. The van der Waals surface area contributed by atoms with Crippen LogP contribution in [0.3, 0.4) is 0 Å². The van der Waals surface area contributed by atoms with E-state index in [2.05, 4.69) is 10.1 Å². The minimum Gasteiger partial charge on any atom is -0.444 e. The van der Waals surface area contributed by atoms with Crippen molar-refractivity contribution in [1.29, 1.82) is 0 Å². The van der Waals surface area contributed by atoms with Crippen molar-refractivity contribution in [3.8, 4) is 11.3 Å². The number of piperidine rings is 1. The number of rotatable bonds is 3. The normalized spacial score (nSPS) is 15.8. The van der Waals surface area contributed by atoms with Crippen molar-refractivity contribution in [2.75, 3.05) is 19.3 Å². The molecule has 3 heterocycles. The van der Waals surface area contributed by atoms with E-state index in [-0.39, 0.29) is 17.0 Å². The second-order valence-electron chi connectivity index (χ2n) is 9.21. The molecule has 1 aromatic carbocycles. The Morgan fingerprint density at radius 3 is 2.34 bits per heavy atom. The van der Waals surface area contributed by atoms with Crippen LogP contribution in [0, 0.1) is 0 Å². The van der Waals surface area contributed by atoms with Gasteiger partial charge in [0.05, 0.1) is 34.5 Å². The zero-order valence-electron chi connectivity index (χ0n) is 18.8. The Balaban J connectivity index is 1.49. The van der Waals surface area contributed by atoms with Gasteiger partial charge in [0.1, 0.15) is 5.60 Å². The number of benzene rings is 1. The molecule has 0 N–H and O–H groups in total. The number of sulfone groups is 1. The van der Waals surface area contributed by atoms with Gasteiger partial charge in [0.25, 0.3) is 0 Å². The molecule has 0 unspecified atom stereocenters. The van der Waals surface area contributed by atoms with E-state index < -0.39 is 15.4 Å². The SMILES string of the molecule is CC(C)(C)OC(=O)N1CCC(n2ncc3cc(-c4ccc(S(C)(=O)=O)cc4)ncc32)CC1. The Bertz CT molecular complexity index is 1240. The van der Waals surface area contributed by atoms with E-state index in [9.17, 15) is 13.2 Å². The van der Waals surface area contributed by atoms with Gasteiger partial charge in [-0.25, -0.2) is 13.2 Å². The zero-order valence-corrected chi connectivity index (χ0v) is 19.6. The number of fused-ring (bicyclic) bond motifs is 1. The second-order valence-corrected chi connectivity index (χ2v) is 11.2. The lowest BCUT2D eigenvalue weighted by molar-refractivity contribution is 0.0186. The van der Waals surface area contributed by atoms with Crippen LogP contribution in [-0.2, 0) is 14.6 Å². The van der Waals surface area contributed by atoms with E-state index >= 15 is 0 Å². The largest absolute Gasteiger partial charge is 0.444 e.